The highest BCUT2D eigenvalue weighted by atomic mass is 79.9. The van der Waals surface area contributed by atoms with Gasteiger partial charge in [0.05, 0.1) is 18.8 Å². The van der Waals surface area contributed by atoms with E-state index in [1.807, 2.05) is 18.2 Å². The molecule has 1 saturated heterocycles. The first-order valence-corrected chi connectivity index (χ1v) is 8.02. The van der Waals surface area contributed by atoms with Gasteiger partial charge in [-0.15, -0.1) is 0 Å². The SMILES string of the molecule is CCCC1CC(O)(Cc2cc(Br)ccc2OC)CCO1. The zero-order valence-electron chi connectivity index (χ0n) is 12.2. The molecule has 0 aromatic heterocycles. The first kappa shape index (κ1) is 15.8. The van der Waals surface area contributed by atoms with Gasteiger partial charge in [0.2, 0.25) is 0 Å². The molecule has 20 heavy (non-hydrogen) atoms. The van der Waals surface area contributed by atoms with Crippen LogP contribution in [0.1, 0.15) is 38.2 Å². The van der Waals surface area contributed by atoms with Crippen LogP contribution in [0.15, 0.2) is 22.7 Å². The van der Waals surface area contributed by atoms with Gasteiger partial charge < -0.3 is 14.6 Å². The van der Waals surface area contributed by atoms with Crippen molar-refractivity contribution in [2.75, 3.05) is 13.7 Å². The zero-order valence-corrected chi connectivity index (χ0v) is 13.8. The van der Waals surface area contributed by atoms with E-state index in [0.717, 1.165) is 28.6 Å². The molecule has 1 aromatic carbocycles. The summed E-state index contributed by atoms with van der Waals surface area (Å²) in [5.41, 5.74) is 0.355. The van der Waals surface area contributed by atoms with Crippen molar-refractivity contribution in [3.05, 3.63) is 28.2 Å². The standard InChI is InChI=1S/C16H23BrO3/c1-3-4-14-11-16(18,7-8-20-14)10-12-9-13(17)5-6-15(12)19-2/h5-6,9,14,18H,3-4,7-8,10-11H2,1-2H3. The molecular formula is C16H23BrO3. The molecule has 1 aromatic rings. The molecule has 0 radical (unpaired) electrons. The third-order valence-corrected chi connectivity index (χ3v) is 4.39. The molecule has 1 aliphatic heterocycles. The van der Waals surface area contributed by atoms with E-state index in [-0.39, 0.29) is 6.10 Å². The molecule has 0 bridgehead atoms. The van der Waals surface area contributed by atoms with Crippen molar-refractivity contribution in [2.45, 2.75) is 50.7 Å². The summed E-state index contributed by atoms with van der Waals surface area (Å²) in [5.74, 6) is 0.833. The molecule has 1 heterocycles. The zero-order chi connectivity index (χ0) is 14.6. The van der Waals surface area contributed by atoms with E-state index >= 15 is 0 Å². The van der Waals surface area contributed by atoms with Crippen molar-refractivity contribution in [2.24, 2.45) is 0 Å². The third-order valence-electron chi connectivity index (χ3n) is 3.90. The second kappa shape index (κ2) is 6.92. The Balaban J connectivity index is 2.13. The molecule has 0 aliphatic carbocycles. The molecule has 0 spiro atoms. The normalized spacial score (nSPS) is 26.5. The Morgan fingerprint density at radius 3 is 3.00 bits per heavy atom. The van der Waals surface area contributed by atoms with Crippen molar-refractivity contribution in [3.63, 3.8) is 0 Å². The number of aliphatic hydroxyl groups is 1. The number of rotatable bonds is 5. The number of hydrogen-bond donors (Lipinski definition) is 1. The van der Waals surface area contributed by atoms with Gasteiger partial charge in [-0.05, 0) is 36.6 Å². The topological polar surface area (TPSA) is 38.7 Å². The lowest BCUT2D eigenvalue weighted by Gasteiger charge is -2.37. The molecule has 2 rings (SSSR count). The molecule has 1 fully saturated rings. The van der Waals surface area contributed by atoms with Gasteiger partial charge in [0, 0.05) is 23.9 Å². The number of methoxy groups -OCH3 is 1. The van der Waals surface area contributed by atoms with Gasteiger partial charge in [-0.1, -0.05) is 29.3 Å². The number of halogens is 1. The molecule has 1 N–H and O–H groups in total. The van der Waals surface area contributed by atoms with Crippen LogP contribution in [0.3, 0.4) is 0 Å². The Morgan fingerprint density at radius 2 is 2.30 bits per heavy atom. The second-order valence-corrected chi connectivity index (χ2v) is 6.51. The van der Waals surface area contributed by atoms with Crippen LogP contribution in [0.4, 0.5) is 0 Å². The van der Waals surface area contributed by atoms with Crippen LogP contribution in [0, 0.1) is 0 Å². The van der Waals surface area contributed by atoms with E-state index in [2.05, 4.69) is 22.9 Å². The fraction of sp³-hybridized carbons (Fsp3) is 0.625. The molecule has 2 unspecified atom stereocenters. The first-order valence-electron chi connectivity index (χ1n) is 7.23. The van der Waals surface area contributed by atoms with Crippen molar-refractivity contribution in [3.8, 4) is 5.75 Å². The lowest BCUT2D eigenvalue weighted by atomic mass is 9.83. The molecule has 0 amide bonds. The predicted octanol–water partition coefficient (Wildman–Crippen LogP) is 3.71. The van der Waals surface area contributed by atoms with E-state index in [1.165, 1.54) is 0 Å². The van der Waals surface area contributed by atoms with E-state index in [4.69, 9.17) is 9.47 Å². The van der Waals surface area contributed by atoms with E-state index in [9.17, 15) is 5.11 Å². The number of benzene rings is 1. The molecule has 4 heteroatoms. The fourth-order valence-corrected chi connectivity index (χ4v) is 3.32. The maximum atomic E-state index is 10.9. The Morgan fingerprint density at radius 1 is 1.50 bits per heavy atom. The van der Waals surface area contributed by atoms with Gasteiger partial charge in [0.15, 0.2) is 0 Å². The summed E-state index contributed by atoms with van der Waals surface area (Å²) < 4.78 is 12.1. The van der Waals surface area contributed by atoms with Gasteiger partial charge in [-0.2, -0.15) is 0 Å². The van der Waals surface area contributed by atoms with Crippen LogP contribution < -0.4 is 4.74 Å². The minimum atomic E-state index is -0.688. The molecule has 0 saturated carbocycles. The maximum absolute atomic E-state index is 10.9. The van der Waals surface area contributed by atoms with Gasteiger partial charge in [0.1, 0.15) is 5.75 Å². The lowest BCUT2D eigenvalue weighted by molar-refractivity contribution is -0.105. The smallest absolute Gasteiger partial charge is 0.122 e. The summed E-state index contributed by atoms with van der Waals surface area (Å²) in [6, 6.07) is 5.92. The van der Waals surface area contributed by atoms with Gasteiger partial charge in [0.25, 0.3) is 0 Å². The number of hydrogen-bond acceptors (Lipinski definition) is 3. The van der Waals surface area contributed by atoms with E-state index in [0.29, 0.717) is 25.9 Å². The fourth-order valence-electron chi connectivity index (χ4n) is 2.91. The summed E-state index contributed by atoms with van der Waals surface area (Å²) in [7, 11) is 1.67. The quantitative estimate of drug-likeness (QED) is 0.886. The van der Waals surface area contributed by atoms with Crippen LogP contribution in [0.25, 0.3) is 0 Å². The molecule has 3 nitrogen and oxygen atoms in total. The highest BCUT2D eigenvalue weighted by Crippen LogP contribution is 2.34. The monoisotopic (exact) mass is 342 g/mol. The van der Waals surface area contributed by atoms with Crippen LogP contribution in [0.2, 0.25) is 0 Å². The molecule has 1 aliphatic rings. The Labute approximate surface area is 129 Å². The van der Waals surface area contributed by atoms with Crippen molar-refractivity contribution in [1.29, 1.82) is 0 Å². The molecule has 2 atom stereocenters. The minimum absolute atomic E-state index is 0.178. The highest BCUT2D eigenvalue weighted by Gasteiger charge is 2.35. The Bertz CT molecular complexity index is 447. The second-order valence-electron chi connectivity index (χ2n) is 5.59. The summed E-state index contributed by atoms with van der Waals surface area (Å²) >= 11 is 3.48. The third kappa shape index (κ3) is 3.96. The van der Waals surface area contributed by atoms with Crippen molar-refractivity contribution in [1.82, 2.24) is 0 Å². The molecular weight excluding hydrogens is 320 g/mol. The van der Waals surface area contributed by atoms with Crippen molar-refractivity contribution >= 4 is 15.9 Å². The summed E-state index contributed by atoms with van der Waals surface area (Å²) in [5, 5.41) is 10.9. The van der Waals surface area contributed by atoms with Gasteiger partial charge >= 0.3 is 0 Å². The minimum Gasteiger partial charge on any atom is -0.496 e. The van der Waals surface area contributed by atoms with Gasteiger partial charge in [-0.25, -0.2) is 0 Å². The average Bonchev–Trinajstić information content (AvgIpc) is 2.39. The van der Waals surface area contributed by atoms with Crippen molar-refractivity contribution < 1.29 is 14.6 Å². The lowest BCUT2D eigenvalue weighted by Crippen LogP contribution is -2.42. The van der Waals surface area contributed by atoms with Crippen LogP contribution in [0.5, 0.6) is 5.75 Å². The first-order chi connectivity index (χ1) is 9.56. The largest absolute Gasteiger partial charge is 0.496 e. The Hall–Kier alpha value is -0.580. The highest BCUT2D eigenvalue weighted by molar-refractivity contribution is 9.10. The summed E-state index contributed by atoms with van der Waals surface area (Å²) in [4.78, 5) is 0. The predicted molar refractivity (Wildman–Crippen MR) is 83.2 cm³/mol. The van der Waals surface area contributed by atoms with Gasteiger partial charge in [-0.3, -0.25) is 0 Å². The Kier molecular flexibility index (Phi) is 5.47. The van der Waals surface area contributed by atoms with E-state index in [1.54, 1.807) is 7.11 Å². The van der Waals surface area contributed by atoms with Crippen LogP contribution in [-0.4, -0.2) is 30.5 Å². The van der Waals surface area contributed by atoms with Crippen LogP contribution >= 0.6 is 15.9 Å². The van der Waals surface area contributed by atoms with Crippen LogP contribution in [-0.2, 0) is 11.2 Å². The molecule has 112 valence electrons. The summed E-state index contributed by atoms with van der Waals surface area (Å²) in [6.07, 6.45) is 4.27. The van der Waals surface area contributed by atoms with E-state index < -0.39 is 5.60 Å². The maximum Gasteiger partial charge on any atom is 0.122 e. The number of ether oxygens (including phenoxy) is 2. The average molecular weight is 343 g/mol. The summed E-state index contributed by atoms with van der Waals surface area (Å²) in [6.45, 7) is 2.78.